The number of aromatic amines is 1. The molecule has 0 aliphatic carbocycles. The van der Waals surface area contributed by atoms with Crippen molar-refractivity contribution in [3.05, 3.63) is 48.4 Å². The van der Waals surface area contributed by atoms with E-state index in [-0.39, 0.29) is 18.5 Å². The molecule has 2 aromatic heterocycles. The predicted octanol–water partition coefficient (Wildman–Crippen LogP) is 2.61. The van der Waals surface area contributed by atoms with Crippen LogP contribution >= 0.6 is 0 Å². The number of benzene rings is 1. The van der Waals surface area contributed by atoms with Crippen molar-refractivity contribution < 1.29 is 4.79 Å². The summed E-state index contributed by atoms with van der Waals surface area (Å²) in [5.74, 6) is 0.852. The normalized spacial score (nSPS) is 16.4. The van der Waals surface area contributed by atoms with Crippen molar-refractivity contribution >= 4 is 40.4 Å². The van der Waals surface area contributed by atoms with Crippen LogP contribution in [0, 0.1) is 5.41 Å². The zero-order chi connectivity index (χ0) is 22.3. The van der Waals surface area contributed by atoms with E-state index in [1.807, 2.05) is 36.5 Å². The number of carbonyl (C=O) groups excluding carboxylic acids is 1. The summed E-state index contributed by atoms with van der Waals surface area (Å²) >= 11 is 0. The Morgan fingerprint density at radius 1 is 1.38 bits per heavy atom. The van der Waals surface area contributed by atoms with Gasteiger partial charge < -0.3 is 30.9 Å². The molecule has 32 heavy (non-hydrogen) atoms. The van der Waals surface area contributed by atoms with E-state index in [0.717, 1.165) is 47.5 Å². The molecule has 1 aliphatic heterocycles. The first-order chi connectivity index (χ1) is 15.6. The van der Waals surface area contributed by atoms with Crippen molar-refractivity contribution in [1.29, 1.82) is 5.41 Å². The Hall–Kier alpha value is -3.75. The maximum atomic E-state index is 12.6. The van der Waals surface area contributed by atoms with Gasteiger partial charge in [-0.3, -0.25) is 4.79 Å². The lowest BCUT2D eigenvalue weighted by Gasteiger charge is -2.34. The first-order valence-electron chi connectivity index (χ1n) is 10.8. The number of nitrogens with zero attached hydrogens (tertiary/aromatic N) is 4. The second kappa shape index (κ2) is 10.0. The third-order valence-electron chi connectivity index (χ3n) is 5.56. The van der Waals surface area contributed by atoms with Crippen LogP contribution in [0.2, 0.25) is 0 Å². The molecule has 4 rings (SSSR count). The fourth-order valence-corrected chi connectivity index (χ4v) is 3.98. The second-order valence-corrected chi connectivity index (χ2v) is 7.85. The van der Waals surface area contributed by atoms with Crippen LogP contribution in [0.15, 0.2) is 47.8 Å². The van der Waals surface area contributed by atoms with E-state index in [9.17, 15) is 4.79 Å². The first kappa shape index (κ1) is 21.5. The minimum atomic E-state index is -0.0510. The molecule has 3 heterocycles. The minimum Gasteiger partial charge on any atom is -0.376 e. The molecule has 0 radical (unpaired) electrons. The van der Waals surface area contributed by atoms with Crippen molar-refractivity contribution in [3.63, 3.8) is 0 Å². The van der Waals surface area contributed by atoms with Crippen molar-refractivity contribution in [2.75, 3.05) is 36.9 Å². The molecule has 166 valence electrons. The van der Waals surface area contributed by atoms with Crippen LogP contribution in [0.3, 0.4) is 0 Å². The molecule has 9 nitrogen and oxygen atoms in total. The molecule has 1 aromatic carbocycles. The predicted molar refractivity (Wildman–Crippen MR) is 128 cm³/mol. The number of anilines is 2. The van der Waals surface area contributed by atoms with Gasteiger partial charge in [-0.2, -0.15) is 0 Å². The largest absolute Gasteiger partial charge is 0.376 e. The molecule has 1 saturated heterocycles. The van der Waals surface area contributed by atoms with Gasteiger partial charge in [-0.25, -0.2) is 9.97 Å². The Morgan fingerprint density at radius 3 is 3.16 bits per heavy atom. The molecule has 1 amide bonds. The van der Waals surface area contributed by atoms with E-state index in [1.54, 1.807) is 19.6 Å². The summed E-state index contributed by atoms with van der Waals surface area (Å²) in [7, 11) is 1.70. The highest BCUT2D eigenvalue weighted by molar-refractivity contribution is 6.05. The van der Waals surface area contributed by atoms with Gasteiger partial charge in [0.15, 0.2) is 0 Å². The van der Waals surface area contributed by atoms with E-state index in [2.05, 4.69) is 35.5 Å². The Kier molecular flexibility index (Phi) is 6.74. The van der Waals surface area contributed by atoms with Gasteiger partial charge in [-0.1, -0.05) is 12.1 Å². The van der Waals surface area contributed by atoms with Gasteiger partial charge in [0.05, 0.1) is 11.9 Å². The number of fused-ring (bicyclic) bond motifs is 1. The number of amides is 1. The van der Waals surface area contributed by atoms with Crippen molar-refractivity contribution in [2.45, 2.75) is 25.3 Å². The highest BCUT2D eigenvalue weighted by Crippen LogP contribution is 2.25. The molecule has 1 atom stereocenters. The molecule has 0 bridgehead atoms. The summed E-state index contributed by atoms with van der Waals surface area (Å²) in [6.45, 7) is 1.80. The maximum Gasteiger partial charge on any atom is 0.239 e. The van der Waals surface area contributed by atoms with Gasteiger partial charge in [-0.05, 0) is 36.6 Å². The summed E-state index contributed by atoms with van der Waals surface area (Å²) in [5, 5.41) is 15.4. The number of aliphatic imine (C=N–C) groups is 1. The molecule has 1 unspecified atom stereocenters. The molecular formula is C23H28N8O. The molecule has 4 N–H and O–H groups in total. The van der Waals surface area contributed by atoms with E-state index in [0.29, 0.717) is 18.7 Å². The number of hydrogen-bond acceptors (Lipinski definition) is 7. The molecular weight excluding hydrogens is 404 g/mol. The molecule has 0 saturated carbocycles. The molecule has 1 aliphatic rings. The van der Waals surface area contributed by atoms with Crippen LogP contribution in [0.5, 0.6) is 0 Å². The average Bonchev–Trinajstić information content (AvgIpc) is 3.31. The van der Waals surface area contributed by atoms with Crippen molar-refractivity contribution in [2.24, 2.45) is 4.99 Å². The summed E-state index contributed by atoms with van der Waals surface area (Å²) in [6, 6.07) is 9.61. The number of carbonyl (C=O) groups is 1. The Morgan fingerprint density at radius 2 is 2.28 bits per heavy atom. The van der Waals surface area contributed by atoms with E-state index < -0.39 is 0 Å². The Balaban J connectivity index is 1.32. The fourth-order valence-electron chi connectivity index (χ4n) is 3.98. The van der Waals surface area contributed by atoms with Gasteiger partial charge in [0, 0.05) is 56.4 Å². The number of rotatable bonds is 8. The topological polar surface area (TPSA) is 122 Å². The Labute approximate surface area is 186 Å². The molecule has 1 fully saturated rings. The summed E-state index contributed by atoms with van der Waals surface area (Å²) in [4.78, 5) is 30.6. The third-order valence-corrected chi connectivity index (χ3v) is 5.56. The lowest BCUT2D eigenvalue weighted by atomic mass is 10.1. The average molecular weight is 433 g/mol. The highest BCUT2D eigenvalue weighted by Gasteiger charge is 2.23. The summed E-state index contributed by atoms with van der Waals surface area (Å²) in [5.41, 5.74) is 2.95. The van der Waals surface area contributed by atoms with Gasteiger partial charge >= 0.3 is 0 Å². The molecule has 3 aromatic rings. The van der Waals surface area contributed by atoms with Crippen LogP contribution in [-0.4, -0.2) is 65.5 Å². The molecule has 9 heteroatoms. The number of H-pyrrole nitrogens is 1. The number of nitrogens with one attached hydrogen (secondary N) is 4. The lowest BCUT2D eigenvalue weighted by molar-refractivity contribution is -0.120. The van der Waals surface area contributed by atoms with Crippen molar-refractivity contribution in [1.82, 2.24) is 20.3 Å². The summed E-state index contributed by atoms with van der Waals surface area (Å²) in [6.07, 6.45) is 7.56. The zero-order valence-corrected chi connectivity index (χ0v) is 18.1. The number of aromatic nitrogens is 3. The van der Waals surface area contributed by atoms with Crippen LogP contribution in [0.1, 0.15) is 24.8 Å². The van der Waals surface area contributed by atoms with Gasteiger partial charge in [-0.15, -0.1) is 0 Å². The monoisotopic (exact) mass is 432 g/mol. The zero-order valence-electron chi connectivity index (χ0n) is 18.1. The maximum absolute atomic E-state index is 12.6. The van der Waals surface area contributed by atoms with E-state index in [4.69, 9.17) is 5.41 Å². The van der Waals surface area contributed by atoms with E-state index >= 15 is 0 Å². The minimum absolute atomic E-state index is 0.0510. The quantitative estimate of drug-likeness (QED) is 0.408. The van der Waals surface area contributed by atoms with Crippen LogP contribution in [-0.2, 0) is 4.79 Å². The van der Waals surface area contributed by atoms with E-state index in [1.165, 1.54) is 0 Å². The SMILES string of the molecule is CN=CCC(=N)c1cccc(NCC(=O)NC2CCCN(c3ncnc4[nH]ccc34)C2)c1. The summed E-state index contributed by atoms with van der Waals surface area (Å²) < 4.78 is 0. The molecule has 0 spiro atoms. The van der Waals surface area contributed by atoms with Gasteiger partial charge in [0.25, 0.3) is 0 Å². The van der Waals surface area contributed by atoms with Gasteiger partial charge in [0.2, 0.25) is 5.91 Å². The van der Waals surface area contributed by atoms with Crippen molar-refractivity contribution in [3.8, 4) is 0 Å². The third kappa shape index (κ3) is 5.11. The van der Waals surface area contributed by atoms with Gasteiger partial charge in [0.1, 0.15) is 17.8 Å². The standard InChI is InChI=1S/C23H28N8O/c1-25-9-8-20(24)16-4-2-5-17(12-16)27-13-21(32)30-18-6-3-11-31(14-18)23-19-7-10-26-22(19)28-15-29-23/h2,4-5,7,9-10,12,15,18,24,27H,3,6,8,11,13-14H2,1H3,(H,30,32)(H,26,28,29). The fraction of sp³-hybridized carbons (Fsp3) is 0.348. The second-order valence-electron chi connectivity index (χ2n) is 7.85. The van der Waals surface area contributed by atoms with Crippen LogP contribution in [0.25, 0.3) is 11.0 Å². The van der Waals surface area contributed by atoms with Crippen LogP contribution < -0.4 is 15.5 Å². The smallest absolute Gasteiger partial charge is 0.239 e. The number of hydrogen-bond donors (Lipinski definition) is 4. The Bertz CT molecular complexity index is 1120. The number of piperidine rings is 1. The highest BCUT2D eigenvalue weighted by atomic mass is 16.2. The first-order valence-corrected chi connectivity index (χ1v) is 10.8. The van der Waals surface area contributed by atoms with Crippen LogP contribution in [0.4, 0.5) is 11.5 Å². The lowest BCUT2D eigenvalue weighted by Crippen LogP contribution is -2.49.